The fourth-order valence-electron chi connectivity index (χ4n) is 4.43. The summed E-state index contributed by atoms with van der Waals surface area (Å²) in [7, 11) is -3.39. The van der Waals surface area contributed by atoms with Crippen LogP contribution in [0.25, 0.3) is 44.3 Å². The van der Waals surface area contributed by atoms with E-state index in [1.807, 2.05) is 54.6 Å². The van der Waals surface area contributed by atoms with E-state index < -0.39 is 14.6 Å². The van der Waals surface area contributed by atoms with E-state index in [1.165, 1.54) is 18.6 Å². The molecule has 0 saturated heterocycles. The highest BCUT2D eigenvalue weighted by Crippen LogP contribution is 2.37. The largest absolute Gasteiger partial charge is 0.619 e. The van der Waals surface area contributed by atoms with Gasteiger partial charge in [-0.05, 0) is 84.6 Å². The number of halogens is 2. The lowest BCUT2D eigenvalue weighted by atomic mass is 9.92. The lowest BCUT2D eigenvalue weighted by molar-refractivity contribution is -0.604. The predicted molar refractivity (Wildman–Crippen MR) is 155 cm³/mol. The number of hydrogen-bond donors (Lipinski definition) is 0. The monoisotopic (exact) mass is 562 g/mol. The average molecular weight is 564 g/mol. The number of fused-ring (bicyclic) bond motifs is 1. The van der Waals surface area contributed by atoms with E-state index in [9.17, 15) is 13.6 Å². The van der Waals surface area contributed by atoms with Crippen LogP contribution in [-0.4, -0.2) is 19.7 Å². The van der Waals surface area contributed by atoms with E-state index in [-0.39, 0.29) is 0 Å². The van der Waals surface area contributed by atoms with Crippen molar-refractivity contribution in [2.75, 3.05) is 6.26 Å². The van der Waals surface area contributed by atoms with Crippen molar-refractivity contribution in [3.8, 4) is 33.4 Å². The summed E-state index contributed by atoms with van der Waals surface area (Å²) < 4.78 is 24.9. The first-order valence-corrected chi connectivity index (χ1v) is 14.5. The number of sulfone groups is 1. The molecule has 8 heteroatoms. The van der Waals surface area contributed by atoms with Crippen LogP contribution in [0.3, 0.4) is 0 Å². The number of hydrogen-bond acceptors (Lipinski definition) is 4. The van der Waals surface area contributed by atoms with Crippen molar-refractivity contribution in [2.24, 2.45) is 0 Å². The second-order valence-corrected chi connectivity index (χ2v) is 13.2. The van der Waals surface area contributed by atoms with Crippen LogP contribution >= 0.6 is 23.2 Å². The van der Waals surface area contributed by atoms with Gasteiger partial charge in [0.05, 0.1) is 10.3 Å². The number of nitrogens with zero attached hydrogens (tertiary/aromatic N) is 2. The molecule has 3 aromatic carbocycles. The van der Waals surface area contributed by atoms with Crippen molar-refractivity contribution in [1.29, 1.82) is 0 Å². The maximum atomic E-state index is 12.6. The summed E-state index contributed by atoms with van der Waals surface area (Å²) in [6, 6.07) is 22.4. The Balaban J connectivity index is 1.68. The Hall–Kier alpha value is -3.45. The normalized spacial score (nSPS) is 12.1. The Morgan fingerprint density at radius 1 is 0.789 bits per heavy atom. The van der Waals surface area contributed by atoms with Crippen molar-refractivity contribution >= 4 is 43.9 Å². The molecule has 0 N–H and O–H groups in total. The Bertz CT molecular complexity index is 1800. The zero-order valence-corrected chi connectivity index (χ0v) is 23.3. The number of benzene rings is 3. The Morgan fingerprint density at radius 3 is 2.11 bits per heavy atom. The van der Waals surface area contributed by atoms with Gasteiger partial charge in [0.2, 0.25) is 0 Å². The van der Waals surface area contributed by atoms with E-state index in [0.29, 0.717) is 26.7 Å². The van der Waals surface area contributed by atoms with Crippen LogP contribution in [0, 0.1) is 5.21 Å². The lowest BCUT2D eigenvalue weighted by Crippen LogP contribution is -2.28. The second kappa shape index (κ2) is 9.70. The molecular formula is C30H24Cl2N2O3S. The molecule has 0 amide bonds. The predicted octanol–water partition coefficient (Wildman–Crippen LogP) is 7.46. The summed E-state index contributed by atoms with van der Waals surface area (Å²) in [4.78, 5) is 4.60. The molecule has 0 fully saturated rings. The second-order valence-electron chi connectivity index (χ2n) is 9.79. The van der Waals surface area contributed by atoms with Crippen LogP contribution < -0.4 is 4.73 Å². The zero-order chi connectivity index (χ0) is 27.2. The summed E-state index contributed by atoms with van der Waals surface area (Å²) >= 11 is 12.4. The van der Waals surface area contributed by atoms with E-state index in [4.69, 9.17) is 23.2 Å². The Kier molecular flexibility index (Phi) is 6.68. The first-order valence-electron chi connectivity index (χ1n) is 11.8. The van der Waals surface area contributed by atoms with Crippen LogP contribution in [0.4, 0.5) is 0 Å². The summed E-state index contributed by atoms with van der Waals surface area (Å²) in [5, 5.41) is 14.4. The molecule has 0 radical (unpaired) electrons. The van der Waals surface area contributed by atoms with Gasteiger partial charge in [0.25, 0.3) is 0 Å². The molecule has 192 valence electrons. The molecule has 0 atom stereocenters. The minimum atomic E-state index is -3.39. The van der Waals surface area contributed by atoms with Gasteiger partial charge in [-0.2, -0.15) is 4.73 Å². The first-order chi connectivity index (χ1) is 17.9. The summed E-state index contributed by atoms with van der Waals surface area (Å²) in [5.41, 5.74) is 6.04. The Morgan fingerprint density at radius 2 is 1.42 bits per heavy atom. The van der Waals surface area contributed by atoms with Gasteiger partial charge in [-0.25, -0.2) is 8.42 Å². The third-order valence-electron chi connectivity index (χ3n) is 6.87. The molecule has 0 spiro atoms. The van der Waals surface area contributed by atoms with Crippen molar-refractivity contribution in [3.63, 3.8) is 0 Å². The fraction of sp³-hybridized carbons (Fsp3) is 0.133. The highest BCUT2D eigenvalue weighted by atomic mass is 35.5. The molecule has 0 bridgehead atoms. The molecule has 0 aliphatic rings. The summed E-state index contributed by atoms with van der Waals surface area (Å²) in [6.45, 7) is 3.42. The molecule has 0 aliphatic heterocycles. The molecular weight excluding hydrogens is 539 g/mol. The van der Waals surface area contributed by atoms with Crippen molar-refractivity contribution < 1.29 is 13.1 Å². The highest BCUT2D eigenvalue weighted by molar-refractivity contribution is 7.91. The van der Waals surface area contributed by atoms with Crippen molar-refractivity contribution in [1.82, 2.24) is 4.98 Å². The van der Waals surface area contributed by atoms with Crippen molar-refractivity contribution in [3.05, 3.63) is 112 Å². The van der Waals surface area contributed by atoms with Gasteiger partial charge in [0.1, 0.15) is 0 Å². The van der Waals surface area contributed by atoms with Crippen LogP contribution in [0.15, 0.2) is 91.4 Å². The van der Waals surface area contributed by atoms with Gasteiger partial charge in [-0.3, -0.25) is 4.98 Å². The van der Waals surface area contributed by atoms with Crippen LogP contribution in [0.1, 0.15) is 19.4 Å². The smallest absolute Gasteiger partial charge is 0.188 e. The highest BCUT2D eigenvalue weighted by Gasteiger charge is 2.33. The quantitative estimate of drug-likeness (QED) is 0.164. The van der Waals surface area contributed by atoms with Gasteiger partial charge in [-0.1, -0.05) is 47.5 Å². The standard InChI is InChI=1S/C30H24Cl2N2O3S/c1-30(2,38(3,36)37)25-12-21-8-5-9-33-29(21)28(15-25)20-7-4-6-19(10-20)23-11-24(18-34(35)17-23)22-13-26(31)16-27(32)14-22/h4-18H,1-3H3. The van der Waals surface area contributed by atoms with Gasteiger partial charge in [-0.15, -0.1) is 0 Å². The van der Waals surface area contributed by atoms with Crippen LogP contribution in [0.5, 0.6) is 0 Å². The molecule has 2 aromatic heterocycles. The molecule has 5 aromatic rings. The minimum Gasteiger partial charge on any atom is -0.619 e. The van der Waals surface area contributed by atoms with E-state index >= 15 is 0 Å². The molecule has 0 unspecified atom stereocenters. The lowest BCUT2D eigenvalue weighted by Gasteiger charge is -2.24. The first kappa shape index (κ1) is 26.2. The third-order valence-corrected chi connectivity index (χ3v) is 9.40. The fourth-order valence-corrected chi connectivity index (χ4v) is 5.50. The van der Waals surface area contributed by atoms with Crippen LogP contribution in [-0.2, 0) is 14.6 Å². The maximum absolute atomic E-state index is 12.6. The van der Waals surface area contributed by atoms with Gasteiger partial charge in [0.15, 0.2) is 22.2 Å². The maximum Gasteiger partial charge on any atom is 0.188 e. The molecule has 38 heavy (non-hydrogen) atoms. The zero-order valence-electron chi connectivity index (χ0n) is 20.9. The Labute approximate surface area is 231 Å². The van der Waals surface area contributed by atoms with Gasteiger partial charge < -0.3 is 5.21 Å². The van der Waals surface area contributed by atoms with Crippen molar-refractivity contribution in [2.45, 2.75) is 18.6 Å². The average Bonchev–Trinajstić information content (AvgIpc) is 2.86. The number of pyridine rings is 2. The van der Waals surface area contributed by atoms with Gasteiger partial charge >= 0.3 is 0 Å². The molecule has 2 heterocycles. The van der Waals surface area contributed by atoms with E-state index in [1.54, 1.807) is 38.2 Å². The molecule has 0 saturated carbocycles. The van der Waals surface area contributed by atoms with E-state index in [0.717, 1.165) is 37.9 Å². The number of rotatable bonds is 5. The van der Waals surface area contributed by atoms with Crippen LogP contribution in [0.2, 0.25) is 10.0 Å². The molecule has 5 rings (SSSR count). The molecule has 5 nitrogen and oxygen atoms in total. The molecule has 0 aliphatic carbocycles. The van der Waals surface area contributed by atoms with E-state index in [2.05, 4.69) is 4.98 Å². The third kappa shape index (κ3) is 4.99. The van der Waals surface area contributed by atoms with Gasteiger partial charge in [0, 0.05) is 44.6 Å². The minimum absolute atomic E-state index is 0.480. The number of aromatic nitrogens is 2. The SMILES string of the molecule is CC(C)(c1cc(-c2cccc(-c3cc(-c4cc(Cl)cc(Cl)c4)c[n+]([O-])c3)c2)c2ncccc2c1)S(C)(=O)=O. The topological polar surface area (TPSA) is 74.0 Å². The summed E-state index contributed by atoms with van der Waals surface area (Å²) in [6.07, 6.45) is 5.95. The summed E-state index contributed by atoms with van der Waals surface area (Å²) in [5.74, 6) is 0.